The van der Waals surface area contributed by atoms with Gasteiger partial charge in [0, 0.05) is 5.92 Å². The molecule has 1 saturated heterocycles. The third-order valence-corrected chi connectivity index (χ3v) is 4.03. The van der Waals surface area contributed by atoms with Crippen LogP contribution in [-0.2, 0) is 4.79 Å². The summed E-state index contributed by atoms with van der Waals surface area (Å²) >= 11 is 0. The van der Waals surface area contributed by atoms with Crippen molar-refractivity contribution in [2.75, 3.05) is 13.1 Å². The lowest BCUT2D eigenvalue weighted by molar-refractivity contribution is -0.192. The van der Waals surface area contributed by atoms with Crippen LogP contribution in [0, 0.1) is 17.8 Å². The number of hydrogen-bond donors (Lipinski definition) is 2. The molecule has 0 spiro atoms. The second kappa shape index (κ2) is 6.51. The van der Waals surface area contributed by atoms with Gasteiger partial charge in [-0.3, -0.25) is 4.79 Å². The highest BCUT2D eigenvalue weighted by atomic mass is 19.4. The monoisotopic (exact) mass is 319 g/mol. The van der Waals surface area contributed by atoms with Gasteiger partial charge in [0.25, 0.3) is 0 Å². The molecule has 1 saturated carbocycles. The molecule has 0 radical (unpaired) electrons. The Morgan fingerprint density at radius 3 is 2.18 bits per heavy atom. The molecule has 2 aliphatic rings. The molecule has 1 aromatic rings. The molecule has 1 aliphatic heterocycles. The molecule has 0 amide bonds. The smallest absolute Gasteiger partial charge is 0.475 e. The number of halogens is 3. The first kappa shape index (κ1) is 16.5. The molecule has 2 heterocycles. The predicted molar refractivity (Wildman–Crippen MR) is 69.3 cm³/mol. The molecule has 2 N–H and O–H groups in total. The fourth-order valence-corrected chi connectivity index (χ4v) is 3.00. The van der Waals surface area contributed by atoms with E-state index in [0.29, 0.717) is 17.6 Å². The number of alkyl halides is 3. The summed E-state index contributed by atoms with van der Waals surface area (Å²) in [6.45, 7) is 2.18. The van der Waals surface area contributed by atoms with Crippen LogP contribution in [0.4, 0.5) is 13.2 Å². The lowest BCUT2D eigenvalue weighted by Crippen LogP contribution is -2.21. The van der Waals surface area contributed by atoms with Crippen molar-refractivity contribution in [1.29, 1.82) is 0 Å². The number of nitrogens with one attached hydrogen (secondary N) is 1. The van der Waals surface area contributed by atoms with E-state index in [4.69, 9.17) is 14.3 Å². The van der Waals surface area contributed by atoms with Gasteiger partial charge in [-0.25, -0.2) is 4.79 Å². The van der Waals surface area contributed by atoms with Crippen LogP contribution in [-0.4, -0.2) is 36.1 Å². The average molecular weight is 319 g/mol. The van der Waals surface area contributed by atoms with Gasteiger partial charge >= 0.3 is 12.1 Å². The molecule has 2 fully saturated rings. The highest BCUT2D eigenvalue weighted by Crippen LogP contribution is 2.39. The summed E-state index contributed by atoms with van der Waals surface area (Å²) in [6.07, 6.45) is -1.43. The van der Waals surface area contributed by atoms with E-state index in [2.05, 4.69) is 5.32 Å². The van der Waals surface area contributed by atoms with E-state index >= 15 is 0 Å². The number of carbonyl (C=O) groups excluding carboxylic acids is 1. The molecular weight excluding hydrogens is 303 g/mol. The molecule has 1 unspecified atom stereocenters. The van der Waals surface area contributed by atoms with Gasteiger partial charge in [0.2, 0.25) is 5.78 Å². The van der Waals surface area contributed by atoms with Gasteiger partial charge in [0.05, 0.1) is 6.26 Å². The van der Waals surface area contributed by atoms with Crippen molar-refractivity contribution < 1.29 is 32.3 Å². The zero-order valence-electron chi connectivity index (χ0n) is 11.6. The topological polar surface area (TPSA) is 79.5 Å². The van der Waals surface area contributed by atoms with Crippen molar-refractivity contribution >= 4 is 11.8 Å². The average Bonchev–Trinajstić information content (AvgIpc) is 3.14. The zero-order chi connectivity index (χ0) is 16.3. The summed E-state index contributed by atoms with van der Waals surface area (Å²) in [5.41, 5.74) is 0. The largest absolute Gasteiger partial charge is 0.490 e. The predicted octanol–water partition coefficient (Wildman–Crippen LogP) is 2.34. The van der Waals surface area contributed by atoms with E-state index in [1.54, 1.807) is 18.4 Å². The molecule has 1 aliphatic carbocycles. The van der Waals surface area contributed by atoms with Crippen LogP contribution in [0.1, 0.15) is 23.4 Å². The van der Waals surface area contributed by atoms with Crippen LogP contribution in [0.15, 0.2) is 22.8 Å². The summed E-state index contributed by atoms with van der Waals surface area (Å²) < 4.78 is 36.9. The number of fused-ring (bicyclic) bond motifs is 1. The Bertz CT molecular complexity index is 515. The van der Waals surface area contributed by atoms with Crippen LogP contribution >= 0.6 is 0 Å². The summed E-state index contributed by atoms with van der Waals surface area (Å²) in [5, 5.41) is 10.5. The second-order valence-electron chi connectivity index (χ2n) is 5.49. The van der Waals surface area contributed by atoms with Crippen molar-refractivity contribution in [2.24, 2.45) is 17.8 Å². The van der Waals surface area contributed by atoms with Crippen LogP contribution in [0.2, 0.25) is 0 Å². The molecule has 5 nitrogen and oxygen atoms in total. The molecule has 3 rings (SSSR count). The fraction of sp³-hybridized carbons (Fsp3) is 0.571. The Kier molecular flexibility index (Phi) is 4.90. The van der Waals surface area contributed by atoms with Gasteiger partial charge in [-0.1, -0.05) is 0 Å². The summed E-state index contributed by atoms with van der Waals surface area (Å²) in [7, 11) is 0. The molecule has 1 aromatic heterocycles. The van der Waals surface area contributed by atoms with Crippen molar-refractivity contribution in [3.05, 3.63) is 24.2 Å². The maximum absolute atomic E-state index is 12.0. The van der Waals surface area contributed by atoms with Crippen molar-refractivity contribution in [2.45, 2.75) is 19.0 Å². The third kappa shape index (κ3) is 3.88. The van der Waals surface area contributed by atoms with Crippen LogP contribution in [0.25, 0.3) is 0 Å². The molecule has 3 atom stereocenters. The number of ketones is 1. The molecule has 0 bridgehead atoms. The summed E-state index contributed by atoms with van der Waals surface area (Å²) in [4.78, 5) is 20.9. The van der Waals surface area contributed by atoms with Gasteiger partial charge in [0.1, 0.15) is 0 Å². The standard InChI is InChI=1S/C12H15NO2.C2HF3O2/c14-12(11-2-1-3-15-11)8-4-9-6-13-7-10(9)5-8;3-2(4,5)1(6)7/h1-3,8-10,13H,4-7H2;(H,6,7)/t8?,9-,10+;. The number of rotatable bonds is 2. The Morgan fingerprint density at radius 2 is 1.77 bits per heavy atom. The molecule has 8 heteroatoms. The van der Waals surface area contributed by atoms with Crippen molar-refractivity contribution in [1.82, 2.24) is 5.32 Å². The van der Waals surface area contributed by atoms with E-state index in [1.165, 1.54) is 0 Å². The van der Waals surface area contributed by atoms with Crippen LogP contribution in [0.3, 0.4) is 0 Å². The molecule has 122 valence electrons. The van der Waals surface area contributed by atoms with E-state index in [-0.39, 0.29) is 11.7 Å². The zero-order valence-corrected chi connectivity index (χ0v) is 11.6. The van der Waals surface area contributed by atoms with Gasteiger partial charge in [-0.2, -0.15) is 13.2 Å². The Morgan fingerprint density at radius 1 is 1.23 bits per heavy atom. The maximum Gasteiger partial charge on any atom is 0.490 e. The van der Waals surface area contributed by atoms with Crippen molar-refractivity contribution in [3.8, 4) is 0 Å². The van der Waals surface area contributed by atoms with E-state index in [0.717, 1.165) is 25.9 Å². The fourth-order valence-electron chi connectivity index (χ4n) is 3.00. The first-order valence-corrected chi connectivity index (χ1v) is 6.87. The number of carbonyl (C=O) groups is 2. The molecular formula is C14H16F3NO4. The highest BCUT2D eigenvalue weighted by molar-refractivity contribution is 5.95. The van der Waals surface area contributed by atoms with Gasteiger partial charge in [-0.15, -0.1) is 0 Å². The van der Waals surface area contributed by atoms with E-state index < -0.39 is 12.1 Å². The minimum atomic E-state index is -5.08. The third-order valence-electron chi connectivity index (χ3n) is 4.03. The number of hydrogen-bond acceptors (Lipinski definition) is 4. The second-order valence-corrected chi connectivity index (χ2v) is 5.49. The van der Waals surface area contributed by atoms with Gasteiger partial charge in [0.15, 0.2) is 5.76 Å². The normalized spacial score (nSPS) is 27.0. The van der Waals surface area contributed by atoms with E-state index in [9.17, 15) is 18.0 Å². The van der Waals surface area contributed by atoms with Crippen LogP contribution < -0.4 is 5.32 Å². The number of carboxylic acid groups (broad SMARTS) is 1. The minimum Gasteiger partial charge on any atom is -0.475 e. The highest BCUT2D eigenvalue weighted by Gasteiger charge is 2.41. The minimum absolute atomic E-state index is 0.202. The number of aliphatic carboxylic acids is 1. The number of furan rings is 1. The van der Waals surface area contributed by atoms with Gasteiger partial charge in [-0.05, 0) is 49.9 Å². The maximum atomic E-state index is 12.0. The van der Waals surface area contributed by atoms with Gasteiger partial charge < -0.3 is 14.8 Å². The number of carboxylic acids is 1. The lowest BCUT2D eigenvalue weighted by Gasteiger charge is -2.07. The van der Waals surface area contributed by atoms with Crippen LogP contribution in [0.5, 0.6) is 0 Å². The van der Waals surface area contributed by atoms with E-state index in [1.807, 2.05) is 0 Å². The summed E-state index contributed by atoms with van der Waals surface area (Å²) in [6, 6.07) is 3.55. The number of Topliss-reactive ketones (excluding diaryl/α,β-unsaturated/α-hetero) is 1. The molecule has 22 heavy (non-hydrogen) atoms. The lowest BCUT2D eigenvalue weighted by atomic mass is 9.99. The first-order valence-electron chi connectivity index (χ1n) is 6.87. The first-order chi connectivity index (χ1) is 10.3. The Hall–Kier alpha value is -1.83. The van der Waals surface area contributed by atoms with Crippen molar-refractivity contribution in [3.63, 3.8) is 0 Å². The quantitative estimate of drug-likeness (QED) is 0.818. The Balaban J connectivity index is 0.000000217. The Labute approximate surface area is 124 Å². The summed E-state index contributed by atoms with van der Waals surface area (Å²) in [5.74, 6) is -0.383. The molecule has 0 aromatic carbocycles. The SMILES string of the molecule is O=C(O)C(F)(F)F.O=C(c1ccco1)C1C[C@H]2CNC[C@H]2C1.